The van der Waals surface area contributed by atoms with Crippen molar-refractivity contribution in [3.8, 4) is 0 Å². The van der Waals surface area contributed by atoms with Gasteiger partial charge in [0.2, 0.25) is 0 Å². The quantitative estimate of drug-likeness (QED) is 0.662. The summed E-state index contributed by atoms with van der Waals surface area (Å²) in [5.41, 5.74) is 1.15. The van der Waals surface area contributed by atoms with Crippen molar-refractivity contribution in [3.05, 3.63) is 11.6 Å². The normalized spacial score (nSPS) is 49.3. The number of ketones is 1. The van der Waals surface area contributed by atoms with Gasteiger partial charge in [-0.05, 0) is 97.9 Å². The van der Waals surface area contributed by atoms with Crippen molar-refractivity contribution in [2.45, 2.75) is 85.2 Å². The first-order chi connectivity index (χ1) is 13.6. The molecule has 0 heterocycles. The minimum absolute atomic E-state index is 0.0714. The number of aliphatic carboxylic acids is 1. The van der Waals surface area contributed by atoms with E-state index in [-0.39, 0.29) is 41.1 Å². The van der Waals surface area contributed by atoms with E-state index >= 15 is 0 Å². The molecular formula is C25H38O4. The summed E-state index contributed by atoms with van der Waals surface area (Å²) in [6.07, 6.45) is 8.84. The van der Waals surface area contributed by atoms with Gasteiger partial charge in [-0.15, -0.1) is 0 Å². The molecule has 4 aliphatic carbocycles. The van der Waals surface area contributed by atoms with Crippen LogP contribution in [0.1, 0.15) is 79.1 Å². The molecule has 2 unspecified atom stereocenters. The van der Waals surface area contributed by atoms with Gasteiger partial charge >= 0.3 is 5.97 Å². The lowest BCUT2D eigenvalue weighted by molar-refractivity contribution is -0.151. The molecule has 0 spiro atoms. The summed E-state index contributed by atoms with van der Waals surface area (Å²) in [7, 11) is 0. The molecule has 0 amide bonds. The third-order valence-corrected chi connectivity index (χ3v) is 9.97. The highest BCUT2D eigenvalue weighted by molar-refractivity contribution is 5.99. The van der Waals surface area contributed by atoms with E-state index in [4.69, 9.17) is 0 Å². The average Bonchev–Trinajstić information content (AvgIpc) is 3.00. The fourth-order valence-electron chi connectivity index (χ4n) is 8.58. The summed E-state index contributed by atoms with van der Waals surface area (Å²) >= 11 is 0. The lowest BCUT2D eigenvalue weighted by atomic mass is 9.43. The number of hydrogen-bond donors (Lipinski definition) is 2. The van der Waals surface area contributed by atoms with Gasteiger partial charge in [0.25, 0.3) is 0 Å². The van der Waals surface area contributed by atoms with Crippen molar-refractivity contribution in [3.63, 3.8) is 0 Å². The van der Waals surface area contributed by atoms with Crippen molar-refractivity contribution in [1.82, 2.24) is 0 Å². The number of rotatable bonds is 3. The maximum absolute atomic E-state index is 13.8. The lowest BCUT2D eigenvalue weighted by Gasteiger charge is -2.60. The molecule has 4 rings (SSSR count). The fourth-order valence-corrected chi connectivity index (χ4v) is 8.58. The largest absolute Gasteiger partial charge is 0.481 e. The highest BCUT2D eigenvalue weighted by Crippen LogP contribution is 2.68. The van der Waals surface area contributed by atoms with E-state index in [0.29, 0.717) is 23.5 Å². The molecule has 0 radical (unpaired) electrons. The summed E-state index contributed by atoms with van der Waals surface area (Å²) in [5, 5.41) is 19.7. The van der Waals surface area contributed by atoms with Crippen LogP contribution in [0.25, 0.3) is 0 Å². The number of carbonyl (C=O) groups is 2. The van der Waals surface area contributed by atoms with Crippen LogP contribution in [-0.2, 0) is 9.59 Å². The Kier molecular flexibility index (Phi) is 5.25. The molecule has 4 aliphatic rings. The molecule has 0 aromatic rings. The molecule has 4 nitrogen and oxygen atoms in total. The Bertz CT molecular complexity index is 726. The van der Waals surface area contributed by atoms with Gasteiger partial charge in [0.15, 0.2) is 5.78 Å². The van der Waals surface area contributed by atoms with Crippen molar-refractivity contribution in [2.75, 3.05) is 0 Å². The molecule has 0 saturated heterocycles. The van der Waals surface area contributed by atoms with E-state index in [2.05, 4.69) is 20.8 Å². The molecule has 162 valence electrons. The summed E-state index contributed by atoms with van der Waals surface area (Å²) in [4.78, 5) is 25.1. The zero-order chi connectivity index (χ0) is 21.1. The van der Waals surface area contributed by atoms with E-state index in [9.17, 15) is 19.8 Å². The van der Waals surface area contributed by atoms with Gasteiger partial charge in [0, 0.05) is 12.3 Å². The molecular weight excluding hydrogens is 364 g/mol. The third-order valence-electron chi connectivity index (χ3n) is 9.97. The molecule has 4 saturated carbocycles. The molecule has 0 aromatic carbocycles. The zero-order valence-corrected chi connectivity index (χ0v) is 18.5. The van der Waals surface area contributed by atoms with Gasteiger partial charge in [-0.1, -0.05) is 26.8 Å². The van der Waals surface area contributed by atoms with E-state index in [0.717, 1.165) is 50.5 Å². The number of Topliss-reactive ketones (excluding diaryl/α,β-unsaturated/α-hetero) is 1. The Morgan fingerprint density at radius 1 is 1.14 bits per heavy atom. The van der Waals surface area contributed by atoms with Gasteiger partial charge < -0.3 is 10.2 Å². The predicted molar refractivity (Wildman–Crippen MR) is 112 cm³/mol. The van der Waals surface area contributed by atoms with Crippen LogP contribution >= 0.6 is 0 Å². The first-order valence-corrected chi connectivity index (χ1v) is 11.7. The number of carboxylic acids is 1. The van der Waals surface area contributed by atoms with Crippen molar-refractivity contribution in [2.24, 2.45) is 46.3 Å². The standard InChI is InChI=1S/C25H38O4/c1-5-16-20-13-15(26)8-10-25(20,4)19-9-11-24(3)17(14(2)12-21(27)28)6-7-18(24)22(19)23(16)29/h5,14-15,17-20,22,26H,6-13H2,1-4H3,(H,27,28)/b16-5+/t14-,15-,17-,18?,19?,20+,22+,24-,25-/m1/s1. The van der Waals surface area contributed by atoms with Gasteiger partial charge in [-0.25, -0.2) is 0 Å². The van der Waals surface area contributed by atoms with Crippen LogP contribution in [0.4, 0.5) is 0 Å². The molecule has 4 heteroatoms. The zero-order valence-electron chi connectivity index (χ0n) is 18.5. The average molecular weight is 403 g/mol. The molecule has 0 bridgehead atoms. The Morgan fingerprint density at radius 3 is 2.45 bits per heavy atom. The van der Waals surface area contributed by atoms with E-state index in [1.54, 1.807) is 0 Å². The number of fused-ring (bicyclic) bond motifs is 5. The Labute approximate surface area is 175 Å². The number of carboxylic acid groups (broad SMARTS) is 1. The number of aliphatic hydroxyl groups is 1. The van der Waals surface area contributed by atoms with Crippen LogP contribution in [0.5, 0.6) is 0 Å². The first kappa shape index (κ1) is 21.1. The monoisotopic (exact) mass is 402 g/mol. The number of carbonyl (C=O) groups excluding carboxylic acids is 1. The SMILES string of the molecule is C/C=C1/C(=O)[C@H]2C3CC[C@H]([C@H](C)CC(=O)O)[C@@]3(C)CCC2[C@@]2(C)CC[C@@H](O)C[C@@H]12. The fraction of sp³-hybridized carbons (Fsp3) is 0.840. The minimum Gasteiger partial charge on any atom is -0.481 e. The van der Waals surface area contributed by atoms with E-state index in [1.165, 1.54) is 0 Å². The van der Waals surface area contributed by atoms with Crippen molar-refractivity contribution in [1.29, 1.82) is 0 Å². The van der Waals surface area contributed by atoms with Gasteiger partial charge in [0.05, 0.1) is 6.10 Å². The topological polar surface area (TPSA) is 74.6 Å². The van der Waals surface area contributed by atoms with Crippen LogP contribution in [0.15, 0.2) is 11.6 Å². The number of hydrogen-bond acceptors (Lipinski definition) is 3. The van der Waals surface area contributed by atoms with Crippen LogP contribution < -0.4 is 0 Å². The summed E-state index contributed by atoms with van der Waals surface area (Å²) in [6, 6.07) is 0. The molecule has 2 N–H and O–H groups in total. The van der Waals surface area contributed by atoms with Crippen LogP contribution in [-0.4, -0.2) is 28.1 Å². The Hall–Kier alpha value is -1.16. The number of aliphatic hydroxyl groups excluding tert-OH is 1. The second-order valence-corrected chi connectivity index (χ2v) is 11.1. The Morgan fingerprint density at radius 2 is 1.79 bits per heavy atom. The molecule has 0 aliphatic heterocycles. The second-order valence-electron chi connectivity index (χ2n) is 11.1. The van der Waals surface area contributed by atoms with Crippen LogP contribution in [0, 0.1) is 46.3 Å². The second kappa shape index (κ2) is 7.21. The van der Waals surface area contributed by atoms with Crippen molar-refractivity contribution >= 4 is 11.8 Å². The maximum Gasteiger partial charge on any atom is 0.303 e. The summed E-state index contributed by atoms with van der Waals surface area (Å²) in [6.45, 7) is 8.83. The van der Waals surface area contributed by atoms with Gasteiger partial charge in [-0.2, -0.15) is 0 Å². The van der Waals surface area contributed by atoms with Gasteiger partial charge in [-0.3, -0.25) is 9.59 Å². The number of allylic oxidation sites excluding steroid dienone is 2. The highest BCUT2D eigenvalue weighted by atomic mass is 16.4. The maximum atomic E-state index is 13.8. The molecule has 29 heavy (non-hydrogen) atoms. The molecule has 4 fully saturated rings. The molecule has 0 aromatic heterocycles. The summed E-state index contributed by atoms with van der Waals surface area (Å²) < 4.78 is 0. The minimum atomic E-state index is -0.709. The summed E-state index contributed by atoms with van der Waals surface area (Å²) in [5.74, 6) is 1.24. The van der Waals surface area contributed by atoms with E-state index < -0.39 is 5.97 Å². The Balaban J connectivity index is 1.69. The smallest absolute Gasteiger partial charge is 0.303 e. The van der Waals surface area contributed by atoms with Crippen LogP contribution in [0.3, 0.4) is 0 Å². The first-order valence-electron chi connectivity index (χ1n) is 11.7. The lowest BCUT2D eigenvalue weighted by Crippen LogP contribution is -2.58. The van der Waals surface area contributed by atoms with Crippen LogP contribution in [0.2, 0.25) is 0 Å². The van der Waals surface area contributed by atoms with Gasteiger partial charge in [0.1, 0.15) is 0 Å². The third kappa shape index (κ3) is 3.04. The van der Waals surface area contributed by atoms with E-state index in [1.807, 2.05) is 13.0 Å². The highest BCUT2D eigenvalue weighted by Gasteiger charge is 2.64. The van der Waals surface area contributed by atoms with Crippen molar-refractivity contribution < 1.29 is 19.8 Å². The predicted octanol–water partition coefficient (Wildman–Crippen LogP) is 4.85. The molecule has 9 atom stereocenters.